The Morgan fingerprint density at radius 2 is 1.71 bits per heavy atom. The van der Waals surface area contributed by atoms with E-state index < -0.39 is 6.04 Å². The molecule has 0 saturated carbocycles. The van der Waals surface area contributed by atoms with Gasteiger partial charge in [0.05, 0.1) is 36.9 Å². The van der Waals surface area contributed by atoms with Gasteiger partial charge in [0.25, 0.3) is 5.91 Å². The molecule has 172 valence electrons. The average Bonchev–Trinajstić information content (AvgIpc) is 3.21. The number of para-hydroxylation sites is 2. The van der Waals surface area contributed by atoms with E-state index in [-0.39, 0.29) is 5.91 Å². The van der Waals surface area contributed by atoms with Gasteiger partial charge in [-0.3, -0.25) is 9.36 Å². The van der Waals surface area contributed by atoms with Crippen LogP contribution in [0.5, 0.6) is 11.5 Å². The smallest absolute Gasteiger partial charge is 0.255 e. The summed E-state index contributed by atoms with van der Waals surface area (Å²) in [5, 5.41) is 6.41. The highest BCUT2D eigenvalue weighted by molar-refractivity contribution is 6.06. The number of hydrogen-bond acceptors (Lipinski definition) is 5. The topological polar surface area (TPSA) is 77.4 Å². The number of carbonyl (C=O) groups excluding carboxylic acids is 1. The van der Waals surface area contributed by atoms with E-state index in [2.05, 4.69) is 15.2 Å². The molecule has 0 aliphatic carbocycles. The molecule has 5 rings (SSSR count). The second kappa shape index (κ2) is 8.59. The van der Waals surface area contributed by atoms with Crippen LogP contribution in [0.4, 0.5) is 11.6 Å². The number of nitrogens with zero attached hydrogens (tertiary/aromatic N) is 2. The molecule has 2 heterocycles. The molecule has 1 aliphatic rings. The molecular formula is C27H26N4O3. The van der Waals surface area contributed by atoms with Crippen LogP contribution in [-0.4, -0.2) is 29.7 Å². The Morgan fingerprint density at radius 3 is 2.44 bits per heavy atom. The van der Waals surface area contributed by atoms with Crippen LogP contribution in [0.1, 0.15) is 24.1 Å². The van der Waals surface area contributed by atoms with Crippen molar-refractivity contribution in [3.63, 3.8) is 0 Å². The van der Waals surface area contributed by atoms with Gasteiger partial charge in [0, 0.05) is 11.4 Å². The highest BCUT2D eigenvalue weighted by atomic mass is 16.5. The Morgan fingerprint density at radius 1 is 0.971 bits per heavy atom. The first-order valence-electron chi connectivity index (χ1n) is 11.0. The molecule has 1 atom stereocenters. The van der Waals surface area contributed by atoms with Gasteiger partial charge in [-0.15, -0.1) is 0 Å². The number of fused-ring (bicyclic) bond motifs is 3. The molecule has 0 fully saturated rings. The number of aromatic nitrogens is 2. The summed E-state index contributed by atoms with van der Waals surface area (Å²) >= 11 is 0. The number of carbonyl (C=O) groups is 1. The van der Waals surface area contributed by atoms with Crippen LogP contribution in [0.25, 0.3) is 11.0 Å². The summed E-state index contributed by atoms with van der Waals surface area (Å²) in [4.78, 5) is 18.5. The van der Waals surface area contributed by atoms with Crippen LogP contribution in [0.2, 0.25) is 0 Å². The van der Waals surface area contributed by atoms with Crippen LogP contribution in [0.15, 0.2) is 78.0 Å². The molecule has 7 heteroatoms. The summed E-state index contributed by atoms with van der Waals surface area (Å²) in [6.45, 7) is 3.92. The highest BCUT2D eigenvalue weighted by Crippen LogP contribution is 2.41. The van der Waals surface area contributed by atoms with Crippen molar-refractivity contribution >= 4 is 28.6 Å². The van der Waals surface area contributed by atoms with E-state index in [0.29, 0.717) is 23.0 Å². The maximum Gasteiger partial charge on any atom is 0.255 e. The Labute approximate surface area is 198 Å². The number of nitrogens with one attached hydrogen (secondary N) is 2. The predicted octanol–water partition coefficient (Wildman–Crippen LogP) is 5.29. The largest absolute Gasteiger partial charge is 0.493 e. The lowest BCUT2D eigenvalue weighted by atomic mass is 9.94. The lowest BCUT2D eigenvalue weighted by molar-refractivity contribution is -0.113. The number of imidazole rings is 1. The van der Waals surface area contributed by atoms with Gasteiger partial charge in [-0.1, -0.05) is 35.9 Å². The van der Waals surface area contributed by atoms with Gasteiger partial charge >= 0.3 is 0 Å². The lowest BCUT2D eigenvalue weighted by Gasteiger charge is -2.31. The maximum absolute atomic E-state index is 13.7. The molecular weight excluding hydrogens is 428 g/mol. The van der Waals surface area contributed by atoms with Gasteiger partial charge in [-0.2, -0.15) is 0 Å². The summed E-state index contributed by atoms with van der Waals surface area (Å²) in [5.74, 6) is 1.73. The van der Waals surface area contributed by atoms with Crippen molar-refractivity contribution in [3.05, 3.63) is 89.1 Å². The average molecular weight is 455 g/mol. The van der Waals surface area contributed by atoms with E-state index in [4.69, 9.17) is 14.5 Å². The van der Waals surface area contributed by atoms with E-state index >= 15 is 0 Å². The first-order valence-corrected chi connectivity index (χ1v) is 11.0. The van der Waals surface area contributed by atoms with Crippen LogP contribution >= 0.6 is 0 Å². The molecule has 0 saturated heterocycles. The molecule has 2 N–H and O–H groups in total. The number of aryl methyl sites for hydroxylation is 1. The highest BCUT2D eigenvalue weighted by Gasteiger charge is 2.34. The van der Waals surface area contributed by atoms with Gasteiger partial charge in [0.15, 0.2) is 11.5 Å². The monoisotopic (exact) mass is 454 g/mol. The van der Waals surface area contributed by atoms with E-state index in [1.165, 1.54) is 0 Å². The third-order valence-electron chi connectivity index (χ3n) is 6.11. The number of hydrogen-bond donors (Lipinski definition) is 2. The Balaban J connectivity index is 1.67. The van der Waals surface area contributed by atoms with Gasteiger partial charge in [-0.25, -0.2) is 4.98 Å². The van der Waals surface area contributed by atoms with Crippen molar-refractivity contribution in [2.24, 2.45) is 0 Å². The third kappa shape index (κ3) is 3.65. The zero-order valence-corrected chi connectivity index (χ0v) is 19.5. The minimum Gasteiger partial charge on any atom is -0.493 e. The molecule has 7 nitrogen and oxygen atoms in total. The van der Waals surface area contributed by atoms with E-state index in [1.54, 1.807) is 14.2 Å². The zero-order chi connectivity index (χ0) is 23.8. The molecule has 1 aromatic heterocycles. The molecule has 0 unspecified atom stereocenters. The normalized spacial score (nSPS) is 15.0. The second-order valence-corrected chi connectivity index (χ2v) is 8.29. The fourth-order valence-corrected chi connectivity index (χ4v) is 4.43. The summed E-state index contributed by atoms with van der Waals surface area (Å²) < 4.78 is 13.1. The first-order chi connectivity index (χ1) is 16.5. The van der Waals surface area contributed by atoms with E-state index in [1.807, 2.05) is 80.6 Å². The number of anilines is 2. The standard InChI is InChI=1S/C27H26N4O3/c1-16-9-12-19(13-10-16)29-26(32)24-17(2)28-27-30-20-7-5-6-8-21(20)31(27)25(24)18-11-14-22(33-3)23(15-18)34-4/h5-15,25H,1-4H3,(H,28,30)(H,29,32)/t25-/m0/s1. The molecule has 0 bridgehead atoms. The van der Waals surface area contributed by atoms with Gasteiger partial charge in [0.2, 0.25) is 5.95 Å². The molecule has 1 amide bonds. The van der Waals surface area contributed by atoms with Crippen molar-refractivity contribution < 1.29 is 14.3 Å². The summed E-state index contributed by atoms with van der Waals surface area (Å²) in [6.07, 6.45) is 0. The zero-order valence-electron chi connectivity index (χ0n) is 19.5. The number of rotatable bonds is 5. The SMILES string of the molecule is COc1ccc([C@H]2C(C(=O)Nc3ccc(C)cc3)=C(C)Nc3nc4ccccc4n32)cc1OC. The number of methoxy groups -OCH3 is 2. The van der Waals surface area contributed by atoms with Crippen molar-refractivity contribution in [2.45, 2.75) is 19.9 Å². The van der Waals surface area contributed by atoms with Crippen molar-refractivity contribution in [1.29, 1.82) is 0 Å². The Hall–Kier alpha value is -4.26. The molecule has 4 aromatic rings. The van der Waals surface area contributed by atoms with Crippen LogP contribution in [0.3, 0.4) is 0 Å². The number of ether oxygens (including phenoxy) is 2. The summed E-state index contributed by atoms with van der Waals surface area (Å²) in [7, 11) is 3.21. The second-order valence-electron chi connectivity index (χ2n) is 8.29. The molecule has 0 spiro atoms. The van der Waals surface area contributed by atoms with Gasteiger partial charge < -0.3 is 20.1 Å². The molecule has 1 aliphatic heterocycles. The predicted molar refractivity (Wildman–Crippen MR) is 134 cm³/mol. The summed E-state index contributed by atoms with van der Waals surface area (Å²) in [6, 6.07) is 21.0. The van der Waals surface area contributed by atoms with Crippen molar-refractivity contribution in [2.75, 3.05) is 24.9 Å². The van der Waals surface area contributed by atoms with Crippen LogP contribution in [0, 0.1) is 6.92 Å². The minimum absolute atomic E-state index is 0.183. The van der Waals surface area contributed by atoms with Gasteiger partial charge in [-0.05, 0) is 55.8 Å². The van der Waals surface area contributed by atoms with Gasteiger partial charge in [0.1, 0.15) is 0 Å². The van der Waals surface area contributed by atoms with Crippen molar-refractivity contribution in [3.8, 4) is 11.5 Å². The van der Waals surface area contributed by atoms with Crippen LogP contribution in [-0.2, 0) is 4.79 Å². The number of allylic oxidation sites excluding steroid dienone is 1. The number of benzene rings is 3. The minimum atomic E-state index is -0.422. The van der Waals surface area contributed by atoms with E-state index in [0.717, 1.165) is 33.5 Å². The number of amides is 1. The first kappa shape index (κ1) is 21.6. The quantitative estimate of drug-likeness (QED) is 0.429. The molecule has 0 radical (unpaired) electrons. The Kier molecular flexibility index (Phi) is 5.45. The lowest BCUT2D eigenvalue weighted by Crippen LogP contribution is -2.31. The fourth-order valence-electron chi connectivity index (χ4n) is 4.43. The molecule has 34 heavy (non-hydrogen) atoms. The third-order valence-corrected chi connectivity index (χ3v) is 6.11. The van der Waals surface area contributed by atoms with Crippen molar-refractivity contribution in [1.82, 2.24) is 9.55 Å². The molecule has 3 aromatic carbocycles. The van der Waals surface area contributed by atoms with Crippen LogP contribution < -0.4 is 20.1 Å². The summed E-state index contributed by atoms with van der Waals surface area (Å²) in [5.41, 5.74) is 5.88. The fraction of sp³-hybridized carbons (Fsp3) is 0.185. The van der Waals surface area contributed by atoms with E-state index in [9.17, 15) is 4.79 Å². The maximum atomic E-state index is 13.7. The Bertz CT molecular complexity index is 1420.